The molecule has 0 saturated heterocycles. The molecule has 3 N–H and O–H groups in total. The molecule has 6 rings (SSSR count). The van der Waals surface area contributed by atoms with Crippen LogP contribution in [0.25, 0.3) is 56.0 Å². The average molecular weight is 465 g/mol. The summed E-state index contributed by atoms with van der Waals surface area (Å²) in [5.41, 5.74) is 6.31. The molecule has 0 spiro atoms. The normalized spacial score (nSPS) is 11.5. The minimum atomic E-state index is -0.413. The summed E-state index contributed by atoms with van der Waals surface area (Å²) in [5.74, 6) is 0.132. The van der Waals surface area contributed by atoms with Crippen molar-refractivity contribution in [2.24, 2.45) is 0 Å². The molecule has 6 aromatic rings. The van der Waals surface area contributed by atoms with Gasteiger partial charge in [-0.15, -0.1) is 0 Å². The molecule has 0 aliphatic carbocycles. The number of fused-ring (bicyclic) bond motifs is 2. The molecule has 9 heteroatoms. The first-order valence-electron chi connectivity index (χ1n) is 11.3. The Morgan fingerprint density at radius 1 is 0.971 bits per heavy atom. The van der Waals surface area contributed by atoms with Gasteiger partial charge in [0.25, 0.3) is 0 Å². The summed E-state index contributed by atoms with van der Waals surface area (Å²) in [6.07, 6.45) is 6.98. The van der Waals surface area contributed by atoms with Crippen LogP contribution >= 0.6 is 0 Å². The second-order valence-corrected chi connectivity index (χ2v) is 8.17. The summed E-state index contributed by atoms with van der Waals surface area (Å²) in [5, 5.41) is 11.1. The lowest BCUT2D eigenvalue weighted by Gasteiger charge is -2.06. The van der Waals surface area contributed by atoms with Crippen molar-refractivity contribution in [3.8, 4) is 34.0 Å². The lowest BCUT2D eigenvalue weighted by Crippen LogP contribution is -2.11. The Morgan fingerprint density at radius 3 is 2.77 bits per heavy atom. The van der Waals surface area contributed by atoms with E-state index >= 15 is 4.39 Å². The number of hydrogen-bond acceptors (Lipinski definition) is 6. The van der Waals surface area contributed by atoms with E-state index in [1.807, 2.05) is 42.6 Å². The number of rotatable bonds is 6. The van der Waals surface area contributed by atoms with Gasteiger partial charge in [0, 0.05) is 42.3 Å². The third-order valence-corrected chi connectivity index (χ3v) is 5.86. The molecule has 8 nitrogen and oxygen atoms in total. The predicted octanol–water partition coefficient (Wildman–Crippen LogP) is 4.87. The molecule has 0 bridgehead atoms. The zero-order valence-electron chi connectivity index (χ0n) is 18.9. The Balaban J connectivity index is 1.47. The number of imidazole rings is 1. The standard InChI is InChI=1S/C26H21FN8/c1-2-28-12-15-9-17(14-29-13-15)16-10-18-22(19(27)11-16)34-35-23(18)26-32-21-6-8-31-24(25(21)33-26)20-5-3-4-7-30-20/h3-11,13-14,28H,2,12H2,1H3,(H,32,33)(H,34,35). The van der Waals surface area contributed by atoms with E-state index in [0.717, 1.165) is 34.4 Å². The number of nitrogens with zero attached hydrogens (tertiary/aromatic N) is 5. The fourth-order valence-electron chi connectivity index (χ4n) is 4.18. The molecular formula is C26H21FN8. The molecule has 0 amide bonds. The largest absolute Gasteiger partial charge is 0.337 e. The summed E-state index contributed by atoms with van der Waals surface area (Å²) in [6, 6.07) is 12.9. The highest BCUT2D eigenvalue weighted by molar-refractivity contribution is 5.97. The maximum Gasteiger partial charge on any atom is 0.157 e. The lowest BCUT2D eigenvalue weighted by atomic mass is 10.0. The quantitative estimate of drug-likeness (QED) is 0.324. The van der Waals surface area contributed by atoms with E-state index in [1.165, 1.54) is 6.07 Å². The van der Waals surface area contributed by atoms with Gasteiger partial charge in [0.2, 0.25) is 0 Å². The summed E-state index contributed by atoms with van der Waals surface area (Å²) in [4.78, 5) is 21.3. The van der Waals surface area contributed by atoms with Crippen LogP contribution in [-0.4, -0.2) is 41.7 Å². The topological polar surface area (TPSA) is 108 Å². The maximum absolute atomic E-state index is 15.1. The molecule has 0 aliphatic rings. The number of benzene rings is 1. The van der Waals surface area contributed by atoms with Crippen LogP contribution in [0, 0.1) is 5.82 Å². The fourth-order valence-corrected chi connectivity index (χ4v) is 4.18. The summed E-state index contributed by atoms with van der Waals surface area (Å²) >= 11 is 0. The van der Waals surface area contributed by atoms with Crippen molar-refractivity contribution in [3.05, 3.63) is 78.6 Å². The van der Waals surface area contributed by atoms with Gasteiger partial charge >= 0.3 is 0 Å². The minimum Gasteiger partial charge on any atom is -0.337 e. The molecule has 35 heavy (non-hydrogen) atoms. The third kappa shape index (κ3) is 3.81. The minimum absolute atomic E-state index is 0.254. The number of H-pyrrole nitrogens is 2. The average Bonchev–Trinajstić information content (AvgIpc) is 3.52. The van der Waals surface area contributed by atoms with Crippen molar-refractivity contribution in [2.45, 2.75) is 13.5 Å². The molecule has 172 valence electrons. The highest BCUT2D eigenvalue weighted by atomic mass is 19.1. The van der Waals surface area contributed by atoms with Crippen molar-refractivity contribution >= 4 is 21.9 Å². The summed E-state index contributed by atoms with van der Waals surface area (Å²) in [6.45, 7) is 3.61. The van der Waals surface area contributed by atoms with Crippen LogP contribution in [0.4, 0.5) is 4.39 Å². The van der Waals surface area contributed by atoms with Gasteiger partial charge in [-0.2, -0.15) is 5.10 Å². The van der Waals surface area contributed by atoms with E-state index < -0.39 is 5.82 Å². The van der Waals surface area contributed by atoms with Crippen LogP contribution in [-0.2, 0) is 6.54 Å². The smallest absolute Gasteiger partial charge is 0.157 e. The molecule has 0 unspecified atom stereocenters. The Morgan fingerprint density at radius 2 is 1.91 bits per heavy atom. The monoisotopic (exact) mass is 464 g/mol. The van der Waals surface area contributed by atoms with Crippen LogP contribution in [0.5, 0.6) is 0 Å². The van der Waals surface area contributed by atoms with Crippen LogP contribution in [0.15, 0.2) is 67.3 Å². The summed E-state index contributed by atoms with van der Waals surface area (Å²) in [7, 11) is 0. The second kappa shape index (κ2) is 8.69. The van der Waals surface area contributed by atoms with Gasteiger partial charge in [-0.3, -0.25) is 20.1 Å². The van der Waals surface area contributed by atoms with E-state index in [-0.39, 0.29) is 5.52 Å². The van der Waals surface area contributed by atoms with Gasteiger partial charge in [0.05, 0.1) is 11.2 Å². The molecule has 0 aliphatic heterocycles. The molecular weight excluding hydrogens is 443 g/mol. The van der Waals surface area contributed by atoms with Crippen LogP contribution in [0.2, 0.25) is 0 Å². The highest BCUT2D eigenvalue weighted by Gasteiger charge is 2.18. The number of hydrogen-bond donors (Lipinski definition) is 3. The molecule has 1 aromatic carbocycles. The predicted molar refractivity (Wildman–Crippen MR) is 133 cm³/mol. The zero-order valence-corrected chi connectivity index (χ0v) is 18.9. The SMILES string of the molecule is CCNCc1cncc(-c2cc(F)c3n[nH]c(-c4nc5c(-c6ccccn6)nccc5[nH]4)c3c2)c1. The van der Waals surface area contributed by atoms with E-state index in [1.54, 1.807) is 18.6 Å². The van der Waals surface area contributed by atoms with Crippen LogP contribution in [0.1, 0.15) is 12.5 Å². The number of pyridine rings is 3. The summed E-state index contributed by atoms with van der Waals surface area (Å²) < 4.78 is 15.1. The molecule has 0 saturated carbocycles. The second-order valence-electron chi connectivity index (χ2n) is 8.17. The van der Waals surface area contributed by atoms with E-state index in [9.17, 15) is 0 Å². The Kier molecular flexibility index (Phi) is 5.23. The number of nitrogens with one attached hydrogen (secondary N) is 3. The first-order valence-corrected chi connectivity index (χ1v) is 11.3. The molecule has 5 aromatic heterocycles. The van der Waals surface area contributed by atoms with Gasteiger partial charge in [0.1, 0.15) is 22.4 Å². The molecule has 0 fully saturated rings. The Hall–Kier alpha value is -4.50. The van der Waals surface area contributed by atoms with Crippen molar-refractivity contribution in [2.75, 3.05) is 6.54 Å². The first kappa shape index (κ1) is 21.1. The number of aromatic amines is 2. The van der Waals surface area contributed by atoms with E-state index in [2.05, 4.69) is 42.4 Å². The van der Waals surface area contributed by atoms with Crippen molar-refractivity contribution in [1.29, 1.82) is 0 Å². The Labute approximate surface area is 199 Å². The number of halogens is 1. The van der Waals surface area contributed by atoms with E-state index in [0.29, 0.717) is 34.7 Å². The van der Waals surface area contributed by atoms with E-state index in [4.69, 9.17) is 4.98 Å². The van der Waals surface area contributed by atoms with Crippen LogP contribution < -0.4 is 5.32 Å². The van der Waals surface area contributed by atoms with Crippen molar-refractivity contribution in [3.63, 3.8) is 0 Å². The third-order valence-electron chi connectivity index (χ3n) is 5.86. The van der Waals surface area contributed by atoms with Gasteiger partial charge in [-0.25, -0.2) is 9.37 Å². The van der Waals surface area contributed by atoms with Gasteiger partial charge in [-0.1, -0.05) is 13.0 Å². The van der Waals surface area contributed by atoms with Gasteiger partial charge < -0.3 is 10.3 Å². The van der Waals surface area contributed by atoms with Gasteiger partial charge in [-0.05, 0) is 54.1 Å². The maximum atomic E-state index is 15.1. The van der Waals surface area contributed by atoms with Crippen molar-refractivity contribution < 1.29 is 4.39 Å². The fraction of sp³-hybridized carbons (Fsp3) is 0.115. The molecule has 5 heterocycles. The zero-order chi connectivity index (χ0) is 23.8. The molecule has 0 radical (unpaired) electrons. The first-order chi connectivity index (χ1) is 17.2. The molecule has 0 atom stereocenters. The van der Waals surface area contributed by atoms with Crippen molar-refractivity contribution in [1.82, 2.24) is 40.4 Å². The van der Waals surface area contributed by atoms with Crippen LogP contribution in [0.3, 0.4) is 0 Å². The number of aromatic nitrogens is 7. The van der Waals surface area contributed by atoms with Gasteiger partial charge in [0.15, 0.2) is 11.6 Å². The highest BCUT2D eigenvalue weighted by Crippen LogP contribution is 2.33. The lowest BCUT2D eigenvalue weighted by molar-refractivity contribution is 0.636. The Bertz CT molecular complexity index is 1660.